The van der Waals surface area contributed by atoms with E-state index < -0.39 is 0 Å². The minimum Gasteiger partial charge on any atom is -0.483 e. The minimum absolute atomic E-state index is 0.0337. The average molecular weight is 264 g/mol. The van der Waals surface area contributed by atoms with E-state index in [1.807, 2.05) is 32.0 Å². The summed E-state index contributed by atoms with van der Waals surface area (Å²) < 4.78 is 5.55. The maximum Gasteiger partial charge on any atom is 0.258 e. The molecule has 1 atom stereocenters. The monoisotopic (exact) mass is 264 g/mol. The highest BCUT2D eigenvalue weighted by Gasteiger charge is 2.11. The highest BCUT2D eigenvalue weighted by atomic mass is 16.5. The van der Waals surface area contributed by atoms with E-state index >= 15 is 0 Å². The van der Waals surface area contributed by atoms with Gasteiger partial charge in [0.05, 0.1) is 0 Å². The van der Waals surface area contributed by atoms with E-state index in [0.717, 1.165) is 16.9 Å². The van der Waals surface area contributed by atoms with Crippen LogP contribution < -0.4 is 15.8 Å². The van der Waals surface area contributed by atoms with Gasteiger partial charge in [0, 0.05) is 12.6 Å². The molecule has 3 N–H and O–H groups in total. The lowest BCUT2D eigenvalue weighted by atomic mass is 10.1. The predicted molar refractivity (Wildman–Crippen MR) is 77.0 cm³/mol. The molecule has 0 saturated carbocycles. The number of nitrogens with two attached hydrogens (primary N) is 1. The summed E-state index contributed by atoms with van der Waals surface area (Å²) in [5.41, 5.74) is 7.59. The molecule has 0 fully saturated rings. The zero-order chi connectivity index (χ0) is 14.4. The first-order valence-electron chi connectivity index (χ1n) is 6.65. The summed E-state index contributed by atoms with van der Waals surface area (Å²) in [5.74, 6) is 1.03. The molecule has 0 aliphatic carbocycles. The van der Waals surface area contributed by atoms with Crippen LogP contribution in [0.2, 0.25) is 0 Å². The van der Waals surface area contributed by atoms with Gasteiger partial charge in [-0.05, 0) is 37.0 Å². The van der Waals surface area contributed by atoms with Crippen molar-refractivity contribution in [2.75, 3.05) is 6.61 Å². The summed E-state index contributed by atoms with van der Waals surface area (Å²) in [6.45, 7) is 8.58. The number of hydrogen-bond donors (Lipinski definition) is 2. The third-order valence-electron chi connectivity index (χ3n) is 3.24. The van der Waals surface area contributed by atoms with Crippen LogP contribution in [0.15, 0.2) is 18.2 Å². The summed E-state index contributed by atoms with van der Waals surface area (Å²) in [4.78, 5) is 11.7. The fourth-order valence-corrected chi connectivity index (χ4v) is 1.53. The first-order valence-corrected chi connectivity index (χ1v) is 6.65. The van der Waals surface area contributed by atoms with Gasteiger partial charge >= 0.3 is 0 Å². The lowest BCUT2D eigenvalue weighted by molar-refractivity contribution is -0.124. The van der Waals surface area contributed by atoms with Crippen molar-refractivity contribution >= 4 is 5.91 Å². The lowest BCUT2D eigenvalue weighted by Gasteiger charge is -2.18. The molecule has 0 aliphatic heterocycles. The van der Waals surface area contributed by atoms with E-state index in [9.17, 15) is 4.79 Å². The molecule has 1 aromatic rings. The van der Waals surface area contributed by atoms with Crippen LogP contribution in [-0.4, -0.2) is 18.6 Å². The van der Waals surface area contributed by atoms with Gasteiger partial charge in [0.25, 0.3) is 5.91 Å². The largest absolute Gasteiger partial charge is 0.483 e. The molecule has 1 aromatic carbocycles. The van der Waals surface area contributed by atoms with Crippen molar-refractivity contribution in [3.63, 3.8) is 0 Å². The van der Waals surface area contributed by atoms with Gasteiger partial charge in [-0.1, -0.05) is 26.0 Å². The summed E-state index contributed by atoms with van der Waals surface area (Å²) in [6.07, 6.45) is 0. The van der Waals surface area contributed by atoms with Crippen LogP contribution in [0.5, 0.6) is 5.75 Å². The van der Waals surface area contributed by atoms with E-state index in [0.29, 0.717) is 12.5 Å². The molecule has 0 aromatic heterocycles. The van der Waals surface area contributed by atoms with Gasteiger partial charge in [-0.25, -0.2) is 0 Å². The number of carbonyl (C=O) groups is 1. The standard InChI is InChI=1S/C15H24N2O2/c1-10(2)12(4)17-15(18)9-19-14-7-13(8-16)6-5-11(14)3/h5-7,10,12H,8-9,16H2,1-4H3,(H,17,18). The Balaban J connectivity index is 2.54. The van der Waals surface area contributed by atoms with Crippen LogP contribution in [0, 0.1) is 12.8 Å². The predicted octanol–water partition coefficient (Wildman–Crippen LogP) is 1.99. The van der Waals surface area contributed by atoms with Crippen LogP contribution in [0.1, 0.15) is 31.9 Å². The summed E-state index contributed by atoms with van der Waals surface area (Å²) in [5, 5.41) is 2.91. The molecule has 1 rings (SSSR count). The molecule has 0 spiro atoms. The Morgan fingerprint density at radius 1 is 1.37 bits per heavy atom. The van der Waals surface area contributed by atoms with Crippen molar-refractivity contribution in [1.82, 2.24) is 5.32 Å². The third kappa shape index (κ3) is 4.91. The topological polar surface area (TPSA) is 64.3 Å². The van der Waals surface area contributed by atoms with Crippen LogP contribution >= 0.6 is 0 Å². The summed E-state index contributed by atoms with van der Waals surface area (Å²) >= 11 is 0. The second-order valence-corrected chi connectivity index (χ2v) is 5.19. The first-order chi connectivity index (χ1) is 8.93. The smallest absolute Gasteiger partial charge is 0.258 e. The molecular weight excluding hydrogens is 240 g/mol. The Morgan fingerprint density at radius 2 is 2.05 bits per heavy atom. The minimum atomic E-state index is -0.0984. The molecule has 0 aliphatic rings. The Hall–Kier alpha value is -1.55. The number of amides is 1. The SMILES string of the molecule is Cc1ccc(CN)cc1OCC(=O)NC(C)C(C)C. The molecule has 0 bridgehead atoms. The third-order valence-corrected chi connectivity index (χ3v) is 3.24. The molecule has 106 valence electrons. The number of nitrogens with one attached hydrogen (secondary N) is 1. The molecule has 0 heterocycles. The number of rotatable bonds is 6. The number of hydrogen-bond acceptors (Lipinski definition) is 3. The fourth-order valence-electron chi connectivity index (χ4n) is 1.53. The number of ether oxygens (including phenoxy) is 1. The van der Waals surface area contributed by atoms with Gasteiger partial charge in [0.2, 0.25) is 0 Å². The molecule has 0 saturated heterocycles. The summed E-state index contributed by atoms with van der Waals surface area (Å²) in [6, 6.07) is 5.94. The molecule has 4 heteroatoms. The van der Waals surface area contributed by atoms with Crippen LogP contribution in [0.25, 0.3) is 0 Å². The molecular formula is C15H24N2O2. The number of benzene rings is 1. The van der Waals surface area contributed by atoms with Gasteiger partial charge in [-0.15, -0.1) is 0 Å². The fraction of sp³-hybridized carbons (Fsp3) is 0.533. The second kappa shape index (κ2) is 7.14. The molecule has 19 heavy (non-hydrogen) atoms. The number of aryl methyl sites for hydroxylation is 1. The Labute approximate surface area is 115 Å². The second-order valence-electron chi connectivity index (χ2n) is 5.19. The van der Waals surface area contributed by atoms with Gasteiger partial charge < -0.3 is 15.8 Å². The van der Waals surface area contributed by atoms with E-state index in [1.54, 1.807) is 0 Å². The Kier molecular flexibility index (Phi) is 5.83. The van der Waals surface area contributed by atoms with Crippen LogP contribution in [0.4, 0.5) is 0 Å². The van der Waals surface area contributed by atoms with E-state index in [2.05, 4.69) is 19.2 Å². The van der Waals surface area contributed by atoms with Crippen LogP contribution in [0.3, 0.4) is 0 Å². The van der Waals surface area contributed by atoms with Crippen molar-refractivity contribution in [1.29, 1.82) is 0 Å². The van der Waals surface area contributed by atoms with Gasteiger partial charge in [-0.2, -0.15) is 0 Å². The first kappa shape index (κ1) is 15.5. The molecule has 1 amide bonds. The normalized spacial score (nSPS) is 12.3. The zero-order valence-corrected chi connectivity index (χ0v) is 12.2. The van der Waals surface area contributed by atoms with Crippen molar-refractivity contribution in [3.05, 3.63) is 29.3 Å². The van der Waals surface area contributed by atoms with Crippen LogP contribution in [-0.2, 0) is 11.3 Å². The van der Waals surface area contributed by atoms with Crippen molar-refractivity contribution in [3.8, 4) is 5.75 Å². The van der Waals surface area contributed by atoms with E-state index in [-0.39, 0.29) is 18.6 Å². The highest BCUT2D eigenvalue weighted by molar-refractivity contribution is 5.77. The number of carbonyl (C=O) groups excluding carboxylic acids is 1. The molecule has 0 radical (unpaired) electrons. The maximum absolute atomic E-state index is 11.7. The lowest BCUT2D eigenvalue weighted by Crippen LogP contribution is -2.39. The van der Waals surface area contributed by atoms with Gasteiger partial charge in [0.1, 0.15) is 5.75 Å². The Morgan fingerprint density at radius 3 is 2.63 bits per heavy atom. The van der Waals surface area contributed by atoms with Crippen molar-refractivity contribution < 1.29 is 9.53 Å². The highest BCUT2D eigenvalue weighted by Crippen LogP contribution is 2.19. The quantitative estimate of drug-likeness (QED) is 0.826. The Bertz CT molecular complexity index is 430. The van der Waals surface area contributed by atoms with Crippen molar-refractivity contribution in [2.45, 2.75) is 40.3 Å². The maximum atomic E-state index is 11.7. The van der Waals surface area contributed by atoms with Gasteiger partial charge in [-0.3, -0.25) is 4.79 Å². The van der Waals surface area contributed by atoms with Crippen molar-refractivity contribution in [2.24, 2.45) is 11.7 Å². The molecule has 4 nitrogen and oxygen atoms in total. The average Bonchev–Trinajstić information content (AvgIpc) is 2.37. The van der Waals surface area contributed by atoms with E-state index in [4.69, 9.17) is 10.5 Å². The molecule has 1 unspecified atom stereocenters. The zero-order valence-electron chi connectivity index (χ0n) is 12.2. The summed E-state index contributed by atoms with van der Waals surface area (Å²) in [7, 11) is 0. The van der Waals surface area contributed by atoms with Gasteiger partial charge in [0.15, 0.2) is 6.61 Å². The van der Waals surface area contributed by atoms with E-state index in [1.165, 1.54) is 0 Å².